The van der Waals surface area contributed by atoms with Crippen LogP contribution in [-0.4, -0.2) is 45.6 Å². The van der Waals surface area contributed by atoms with E-state index in [-0.39, 0.29) is 19.1 Å². The molecule has 116 valence electrons. The van der Waals surface area contributed by atoms with Crippen LogP contribution in [0.2, 0.25) is 0 Å². The molecule has 0 saturated carbocycles. The van der Waals surface area contributed by atoms with Gasteiger partial charge in [0.2, 0.25) is 5.91 Å². The van der Waals surface area contributed by atoms with Gasteiger partial charge in [0.25, 0.3) is 5.56 Å². The molecular weight excluding hydrogens is 278 g/mol. The first-order valence-electron chi connectivity index (χ1n) is 6.40. The van der Waals surface area contributed by atoms with Crippen LogP contribution in [0.5, 0.6) is 0 Å². The van der Waals surface area contributed by atoms with E-state index in [1.807, 2.05) is 0 Å². The number of nitrogens with zero attached hydrogens (tertiary/aromatic N) is 3. The van der Waals surface area contributed by atoms with Crippen molar-refractivity contribution in [1.82, 2.24) is 14.0 Å². The first kappa shape index (κ1) is 16.7. The molecule has 1 amide bonds. The lowest BCUT2D eigenvalue weighted by Gasteiger charge is -2.25. The maximum atomic E-state index is 12.2. The van der Waals surface area contributed by atoms with Gasteiger partial charge in [-0.1, -0.05) is 0 Å². The highest BCUT2D eigenvalue weighted by atomic mass is 16.5. The summed E-state index contributed by atoms with van der Waals surface area (Å²) >= 11 is 0. The molecule has 0 fully saturated rings. The molecule has 8 nitrogen and oxygen atoms in total. The fraction of sp³-hybridized carbons (Fsp3) is 0.538. The van der Waals surface area contributed by atoms with E-state index in [1.165, 1.54) is 31.3 Å². The molecular formula is C13H19N3O5. The van der Waals surface area contributed by atoms with Gasteiger partial charge in [0.15, 0.2) is 0 Å². The largest absolute Gasteiger partial charge is 0.468 e. The third-order valence-corrected chi connectivity index (χ3v) is 3.04. The van der Waals surface area contributed by atoms with Crippen LogP contribution >= 0.6 is 0 Å². The van der Waals surface area contributed by atoms with Crippen LogP contribution in [-0.2, 0) is 27.9 Å². The fourth-order valence-electron chi connectivity index (χ4n) is 1.74. The molecule has 0 aliphatic heterocycles. The minimum atomic E-state index is -0.586. The Morgan fingerprint density at radius 2 is 1.95 bits per heavy atom. The molecule has 0 unspecified atom stereocenters. The molecule has 8 heteroatoms. The van der Waals surface area contributed by atoms with E-state index in [9.17, 15) is 19.2 Å². The van der Waals surface area contributed by atoms with E-state index in [1.54, 1.807) is 13.8 Å². The van der Waals surface area contributed by atoms with Crippen molar-refractivity contribution in [2.75, 3.05) is 13.7 Å². The molecule has 1 heterocycles. The van der Waals surface area contributed by atoms with Gasteiger partial charge < -0.3 is 9.64 Å². The monoisotopic (exact) mass is 297 g/mol. The third-order valence-electron chi connectivity index (χ3n) is 3.04. The minimum Gasteiger partial charge on any atom is -0.468 e. The van der Waals surface area contributed by atoms with Crippen molar-refractivity contribution in [2.24, 2.45) is 7.05 Å². The van der Waals surface area contributed by atoms with Gasteiger partial charge in [-0.3, -0.25) is 23.5 Å². The molecule has 0 aliphatic carbocycles. The minimum absolute atomic E-state index is 0.187. The van der Waals surface area contributed by atoms with E-state index >= 15 is 0 Å². The number of aromatic nitrogens is 2. The number of carbonyl (C=O) groups is 2. The summed E-state index contributed by atoms with van der Waals surface area (Å²) in [7, 11) is 2.57. The van der Waals surface area contributed by atoms with Gasteiger partial charge in [-0.15, -0.1) is 0 Å². The van der Waals surface area contributed by atoms with Crippen LogP contribution in [0.3, 0.4) is 0 Å². The van der Waals surface area contributed by atoms with E-state index in [0.29, 0.717) is 0 Å². The summed E-state index contributed by atoms with van der Waals surface area (Å²) < 4.78 is 6.57. The van der Waals surface area contributed by atoms with Gasteiger partial charge in [-0.2, -0.15) is 0 Å². The number of ether oxygens (including phenoxy) is 1. The second-order valence-corrected chi connectivity index (χ2v) is 4.81. The molecule has 0 spiro atoms. The summed E-state index contributed by atoms with van der Waals surface area (Å²) in [6.07, 6.45) is 1.26. The molecule has 0 radical (unpaired) electrons. The summed E-state index contributed by atoms with van der Waals surface area (Å²) in [6.45, 7) is 3.07. The highest BCUT2D eigenvalue weighted by molar-refractivity contribution is 5.82. The Morgan fingerprint density at radius 3 is 2.48 bits per heavy atom. The summed E-state index contributed by atoms with van der Waals surface area (Å²) in [5, 5.41) is 0. The molecule has 0 saturated heterocycles. The average Bonchev–Trinajstić information content (AvgIpc) is 2.44. The zero-order valence-electron chi connectivity index (χ0n) is 12.5. The summed E-state index contributed by atoms with van der Waals surface area (Å²) in [4.78, 5) is 48.0. The number of hydrogen-bond donors (Lipinski definition) is 0. The Kier molecular flexibility index (Phi) is 5.45. The number of amides is 1. The van der Waals surface area contributed by atoms with Gasteiger partial charge in [0, 0.05) is 25.4 Å². The van der Waals surface area contributed by atoms with E-state index in [2.05, 4.69) is 4.74 Å². The van der Waals surface area contributed by atoms with Gasteiger partial charge in [0.1, 0.15) is 13.1 Å². The van der Waals surface area contributed by atoms with Crippen molar-refractivity contribution in [3.05, 3.63) is 33.1 Å². The quantitative estimate of drug-likeness (QED) is 0.647. The maximum Gasteiger partial charge on any atom is 0.331 e. The molecule has 0 atom stereocenters. The van der Waals surface area contributed by atoms with E-state index in [0.717, 1.165) is 9.13 Å². The highest BCUT2D eigenvalue weighted by Gasteiger charge is 2.21. The Bertz CT molecular complexity index is 644. The Balaban J connectivity index is 2.97. The van der Waals surface area contributed by atoms with Crippen LogP contribution in [0.15, 0.2) is 21.9 Å². The fourth-order valence-corrected chi connectivity index (χ4v) is 1.74. The van der Waals surface area contributed by atoms with Crippen molar-refractivity contribution < 1.29 is 14.3 Å². The average molecular weight is 297 g/mol. The van der Waals surface area contributed by atoms with Crippen LogP contribution in [0.1, 0.15) is 13.8 Å². The van der Waals surface area contributed by atoms with Crippen LogP contribution in [0.25, 0.3) is 0 Å². The Morgan fingerprint density at radius 1 is 1.33 bits per heavy atom. The number of carbonyl (C=O) groups excluding carboxylic acids is 2. The molecule has 1 rings (SSSR count). The molecule has 1 aromatic rings. The van der Waals surface area contributed by atoms with Crippen LogP contribution < -0.4 is 11.2 Å². The lowest BCUT2D eigenvalue weighted by Crippen LogP contribution is -2.45. The number of hydrogen-bond acceptors (Lipinski definition) is 5. The molecule has 0 N–H and O–H groups in total. The summed E-state index contributed by atoms with van der Waals surface area (Å²) in [5.74, 6) is -0.944. The first-order valence-corrected chi connectivity index (χ1v) is 6.40. The van der Waals surface area contributed by atoms with Crippen molar-refractivity contribution in [2.45, 2.75) is 26.4 Å². The zero-order chi connectivity index (χ0) is 16.2. The second-order valence-electron chi connectivity index (χ2n) is 4.81. The lowest BCUT2D eigenvalue weighted by atomic mass is 10.3. The summed E-state index contributed by atoms with van der Waals surface area (Å²) in [5.41, 5.74) is -1.03. The second kappa shape index (κ2) is 6.87. The number of esters is 1. The van der Waals surface area contributed by atoms with Crippen molar-refractivity contribution in [3.63, 3.8) is 0 Å². The highest BCUT2D eigenvalue weighted by Crippen LogP contribution is 2.01. The van der Waals surface area contributed by atoms with Crippen LogP contribution in [0, 0.1) is 0 Å². The summed E-state index contributed by atoms with van der Waals surface area (Å²) in [6, 6.07) is 0.981. The van der Waals surface area contributed by atoms with Gasteiger partial charge in [0.05, 0.1) is 7.11 Å². The number of rotatable bonds is 5. The van der Waals surface area contributed by atoms with Gasteiger partial charge >= 0.3 is 11.7 Å². The van der Waals surface area contributed by atoms with Gasteiger partial charge in [-0.25, -0.2) is 4.79 Å². The van der Waals surface area contributed by atoms with Crippen molar-refractivity contribution in [3.8, 4) is 0 Å². The predicted octanol–water partition coefficient (Wildman–Crippen LogP) is -1.04. The normalized spacial score (nSPS) is 10.5. The van der Waals surface area contributed by atoms with Crippen LogP contribution in [0.4, 0.5) is 0 Å². The molecule has 0 bridgehead atoms. The standard InChI is InChI=1S/C13H19N3O5/c1-9(2)16(8-12(19)21-4)11(18)7-15-6-5-10(17)14(3)13(15)20/h5-6,9H,7-8H2,1-4H3. The lowest BCUT2D eigenvalue weighted by molar-refractivity contribution is -0.148. The maximum absolute atomic E-state index is 12.2. The first-order chi connectivity index (χ1) is 9.77. The Hall–Kier alpha value is -2.38. The zero-order valence-corrected chi connectivity index (χ0v) is 12.5. The predicted molar refractivity (Wildman–Crippen MR) is 74.8 cm³/mol. The topological polar surface area (TPSA) is 90.6 Å². The van der Waals surface area contributed by atoms with Crippen molar-refractivity contribution >= 4 is 11.9 Å². The van der Waals surface area contributed by atoms with E-state index in [4.69, 9.17) is 0 Å². The molecule has 21 heavy (non-hydrogen) atoms. The van der Waals surface area contributed by atoms with E-state index < -0.39 is 23.1 Å². The van der Waals surface area contributed by atoms with Gasteiger partial charge in [-0.05, 0) is 13.8 Å². The molecule has 1 aromatic heterocycles. The molecule has 0 aromatic carbocycles. The number of methoxy groups -OCH3 is 1. The third kappa shape index (κ3) is 4.04. The molecule has 0 aliphatic rings. The van der Waals surface area contributed by atoms with Crippen molar-refractivity contribution in [1.29, 1.82) is 0 Å². The smallest absolute Gasteiger partial charge is 0.331 e. The SMILES string of the molecule is COC(=O)CN(C(=O)Cn1ccc(=O)n(C)c1=O)C(C)C. The Labute approximate surface area is 121 Å².